The van der Waals surface area contributed by atoms with Gasteiger partial charge in [-0.15, -0.1) is 0 Å². The van der Waals surface area contributed by atoms with E-state index in [4.69, 9.17) is 32.3 Å². The molecular weight excluding hydrogens is 1430 g/mol. The van der Waals surface area contributed by atoms with Crippen molar-refractivity contribution in [2.24, 2.45) is 0 Å². The molecule has 0 radical (unpaired) electrons. The molecule has 0 fully saturated rings. The Hall–Kier alpha value is -4.83. The zero-order valence-electron chi connectivity index (χ0n) is 69.8. The number of carbonyl (C=O) groups excluding carboxylic acids is 3. The molecule has 636 valence electrons. The fourth-order valence-corrected chi connectivity index (χ4v) is 13.2. The first kappa shape index (κ1) is 106. The lowest BCUT2D eigenvalue weighted by molar-refractivity contribution is -0.161. The fraction of sp³-hybridized carbons (Fsp3) is 0.688. The van der Waals surface area contributed by atoms with Crippen LogP contribution in [0, 0.1) is 0 Å². The molecule has 0 aromatic carbocycles. The summed E-state index contributed by atoms with van der Waals surface area (Å²) in [6.45, 7) is 2.45. The first-order chi connectivity index (χ1) is 54.2. The molecule has 0 spiro atoms. The number of phosphoric acid groups is 2. The van der Waals surface area contributed by atoms with Crippen LogP contribution in [0.25, 0.3) is 0 Å². The van der Waals surface area contributed by atoms with Gasteiger partial charge in [-0.25, -0.2) is 9.13 Å². The molecule has 4 N–H and O–H groups in total. The minimum atomic E-state index is -4.94. The molecule has 0 heterocycles. The van der Waals surface area contributed by atoms with Gasteiger partial charge in [0.1, 0.15) is 25.4 Å². The Kier molecular flexibility index (Phi) is 80.9. The van der Waals surface area contributed by atoms with Gasteiger partial charge in [0.25, 0.3) is 0 Å². The van der Waals surface area contributed by atoms with Gasteiger partial charge in [0.15, 0.2) is 6.10 Å². The van der Waals surface area contributed by atoms with Gasteiger partial charge in [-0.2, -0.15) is 0 Å². The molecule has 0 aromatic rings. The van der Waals surface area contributed by atoms with E-state index >= 15 is 0 Å². The highest BCUT2D eigenvalue weighted by Gasteiger charge is 2.29. The Labute approximate surface area is 676 Å². The third kappa shape index (κ3) is 85.9. The molecule has 0 amide bonds. The highest BCUT2D eigenvalue weighted by atomic mass is 31.2. The van der Waals surface area contributed by atoms with Gasteiger partial charge >= 0.3 is 33.6 Å². The number of hydrogen-bond donors (Lipinski definition) is 4. The highest BCUT2D eigenvalue weighted by molar-refractivity contribution is 7.47. The summed E-state index contributed by atoms with van der Waals surface area (Å²) in [5, 5.41) is 20.7. The summed E-state index contributed by atoms with van der Waals surface area (Å²) < 4.78 is 61.3. The van der Waals surface area contributed by atoms with Crippen LogP contribution in [0.1, 0.15) is 355 Å². The number of carbonyl (C=O) groups is 3. The lowest BCUT2D eigenvalue weighted by Gasteiger charge is -2.21. The summed E-state index contributed by atoms with van der Waals surface area (Å²) in [7, 11) is -9.81. The SMILES string of the molecule is CC/C=C\C/C=C\C/C=C\C/C=C\C/C=C\C/C=C\CCCCCCCCCCCCCCCCCCC(=O)OCC(O)COP(=O)(O)OCC(O)COP(=O)(O)OCC(COC(=O)CCCCCCCC/C=C\C/C=C\C/C=C\C/C=C\C/C=C\C/C=C\CC)OC(=O)CCCCCCC/C=C\CCCCCCCC. The van der Waals surface area contributed by atoms with Gasteiger partial charge < -0.3 is 34.2 Å². The highest BCUT2D eigenvalue weighted by Crippen LogP contribution is 2.45. The van der Waals surface area contributed by atoms with Gasteiger partial charge in [0.2, 0.25) is 0 Å². The maximum Gasteiger partial charge on any atom is 0.472 e. The van der Waals surface area contributed by atoms with Gasteiger partial charge in [-0.05, 0) is 148 Å². The number of allylic oxidation sites excluding steroid dienone is 26. The molecule has 0 bridgehead atoms. The van der Waals surface area contributed by atoms with E-state index in [-0.39, 0.29) is 19.3 Å². The summed E-state index contributed by atoms with van der Waals surface area (Å²) in [6.07, 6.45) is 107. The number of esters is 3. The van der Waals surface area contributed by atoms with Crippen LogP contribution in [0.4, 0.5) is 0 Å². The molecular formula is C93H158O16P2. The summed E-state index contributed by atoms with van der Waals surface area (Å²) in [5.41, 5.74) is 0. The number of aliphatic hydroxyl groups is 2. The Morgan fingerprint density at radius 1 is 0.261 bits per heavy atom. The van der Waals surface area contributed by atoms with Crippen molar-refractivity contribution in [1.82, 2.24) is 0 Å². The lowest BCUT2D eigenvalue weighted by atomic mass is 10.0. The molecule has 18 heteroatoms. The minimum absolute atomic E-state index is 0.0885. The first-order valence-electron chi connectivity index (χ1n) is 43.8. The van der Waals surface area contributed by atoms with Crippen molar-refractivity contribution < 1.29 is 75.8 Å². The minimum Gasteiger partial charge on any atom is -0.463 e. The van der Waals surface area contributed by atoms with E-state index in [9.17, 15) is 43.5 Å². The van der Waals surface area contributed by atoms with Crippen molar-refractivity contribution in [3.8, 4) is 0 Å². The Bertz CT molecular complexity index is 2650. The number of rotatable bonds is 82. The van der Waals surface area contributed by atoms with E-state index in [1.54, 1.807) is 0 Å². The second-order valence-corrected chi connectivity index (χ2v) is 31.8. The molecule has 0 aromatic heterocycles. The summed E-state index contributed by atoms with van der Waals surface area (Å²) in [4.78, 5) is 58.8. The van der Waals surface area contributed by atoms with Crippen LogP contribution in [0.5, 0.6) is 0 Å². The number of phosphoric ester groups is 2. The number of aliphatic hydroxyl groups excluding tert-OH is 2. The summed E-state index contributed by atoms with van der Waals surface area (Å²) in [5.74, 6) is -1.60. The normalized spacial score (nSPS) is 14.6. The maximum atomic E-state index is 13.0. The average Bonchev–Trinajstić information content (AvgIpc) is 0.901. The zero-order chi connectivity index (χ0) is 80.8. The van der Waals surface area contributed by atoms with Gasteiger partial charge in [-0.3, -0.25) is 32.5 Å². The molecule has 0 aliphatic carbocycles. The Morgan fingerprint density at radius 2 is 0.477 bits per heavy atom. The third-order valence-electron chi connectivity index (χ3n) is 18.2. The average molecular weight is 1590 g/mol. The van der Waals surface area contributed by atoms with Gasteiger partial charge in [0.05, 0.1) is 26.4 Å². The van der Waals surface area contributed by atoms with Crippen LogP contribution >= 0.6 is 15.6 Å². The van der Waals surface area contributed by atoms with Crippen molar-refractivity contribution in [1.29, 1.82) is 0 Å². The predicted octanol–water partition coefficient (Wildman–Crippen LogP) is 26.5. The number of ether oxygens (including phenoxy) is 3. The smallest absolute Gasteiger partial charge is 0.463 e. The fourth-order valence-electron chi connectivity index (χ4n) is 11.6. The molecule has 111 heavy (non-hydrogen) atoms. The molecule has 0 saturated carbocycles. The van der Waals surface area contributed by atoms with Crippen LogP contribution in [-0.4, -0.2) is 95.9 Å². The van der Waals surface area contributed by atoms with Crippen molar-refractivity contribution in [3.05, 3.63) is 158 Å². The van der Waals surface area contributed by atoms with Crippen LogP contribution in [0.3, 0.4) is 0 Å². The van der Waals surface area contributed by atoms with Crippen molar-refractivity contribution in [3.63, 3.8) is 0 Å². The van der Waals surface area contributed by atoms with E-state index in [0.717, 1.165) is 173 Å². The summed E-state index contributed by atoms with van der Waals surface area (Å²) >= 11 is 0. The van der Waals surface area contributed by atoms with Crippen LogP contribution in [0.15, 0.2) is 158 Å². The maximum absolute atomic E-state index is 13.0. The van der Waals surface area contributed by atoms with Crippen molar-refractivity contribution in [2.45, 2.75) is 373 Å². The predicted molar refractivity (Wildman–Crippen MR) is 463 cm³/mol. The molecule has 0 saturated heterocycles. The molecule has 5 unspecified atom stereocenters. The Morgan fingerprint density at radius 3 is 0.766 bits per heavy atom. The molecule has 5 atom stereocenters. The molecule has 0 aliphatic rings. The lowest BCUT2D eigenvalue weighted by Crippen LogP contribution is -2.30. The van der Waals surface area contributed by atoms with E-state index in [2.05, 4.69) is 179 Å². The first-order valence-corrected chi connectivity index (χ1v) is 46.8. The number of hydrogen-bond acceptors (Lipinski definition) is 14. The molecule has 0 aliphatic heterocycles. The van der Waals surface area contributed by atoms with E-state index in [0.29, 0.717) is 19.3 Å². The van der Waals surface area contributed by atoms with Crippen LogP contribution in [-0.2, 0) is 55.8 Å². The van der Waals surface area contributed by atoms with Crippen LogP contribution < -0.4 is 0 Å². The van der Waals surface area contributed by atoms with Crippen LogP contribution in [0.2, 0.25) is 0 Å². The molecule has 0 rings (SSSR count). The second-order valence-electron chi connectivity index (χ2n) is 28.9. The van der Waals surface area contributed by atoms with Gasteiger partial charge in [0, 0.05) is 19.3 Å². The largest absolute Gasteiger partial charge is 0.472 e. The third-order valence-corrected chi connectivity index (χ3v) is 20.1. The second kappa shape index (κ2) is 84.6. The Balaban J connectivity index is 4.47. The molecule has 16 nitrogen and oxygen atoms in total. The standard InChI is InChI=1S/C93H158O16P2/c1-4-7-10-13-16-19-22-25-28-30-32-34-36-38-39-40-41-42-43-44-45-46-47-49-51-52-54-56-59-61-64-67-70-73-76-79-91(96)103-82-88(94)83-105-110(99,100)106-84-89(95)85-107-111(101,102)108-87-90(109-93(98)81-78-75-72-69-66-63-58-27-24-21-18-15-12-9-6-3)86-104-92(97)80-77-74-71-68-65-62-60-57-55-53-50-48-37-35-33-31-29-26-23-20-17-14-11-8-5-2/h7-8,10-11,16-17,19-20,25-29,32-35,38-39,41-42,48,50,55,57-58,88-90,94-95H,4-6,9,12-15,18,21-24,30-31,36-37,40,43-47,49,51-54,56,59-87H2,1-3H3,(H,99,100)(H,101,102)/b10-7-,11-8-,19-16-,20-17-,28-25-,29-26-,34-32-,35-33-,39-38-,42-41-,50-48-,57-55-,58-27-. The van der Waals surface area contributed by atoms with E-state index in [1.165, 1.54) is 122 Å². The van der Waals surface area contributed by atoms with Crippen molar-refractivity contribution >= 4 is 33.6 Å². The summed E-state index contributed by atoms with van der Waals surface area (Å²) in [6, 6.07) is 0. The van der Waals surface area contributed by atoms with E-state index in [1.807, 2.05) is 0 Å². The monoisotopic (exact) mass is 1590 g/mol. The quantitative estimate of drug-likeness (QED) is 0.0146. The van der Waals surface area contributed by atoms with Gasteiger partial charge in [-0.1, -0.05) is 346 Å². The zero-order valence-corrected chi connectivity index (χ0v) is 71.6. The van der Waals surface area contributed by atoms with E-state index < -0.39 is 91.5 Å². The number of unbranched alkanes of at least 4 members (excludes halogenated alkanes) is 33. The topological polar surface area (TPSA) is 231 Å². The van der Waals surface area contributed by atoms with Crippen molar-refractivity contribution in [2.75, 3.05) is 39.6 Å².